The van der Waals surface area contributed by atoms with Gasteiger partial charge in [0.1, 0.15) is 0 Å². The molecule has 3 heteroatoms. The fourth-order valence-electron chi connectivity index (χ4n) is 1.62. The summed E-state index contributed by atoms with van der Waals surface area (Å²) in [7, 11) is 0. The normalized spacial score (nSPS) is 12.3. The zero-order chi connectivity index (χ0) is 11.8. The number of carboxylic acid groups (broad SMARTS) is 1. The second kappa shape index (κ2) is 7.01. The first-order valence-corrected chi connectivity index (χ1v) is 5.71. The van der Waals surface area contributed by atoms with Crippen LogP contribution in [-0.2, 0) is 11.2 Å². The van der Waals surface area contributed by atoms with E-state index in [0.717, 1.165) is 13.0 Å². The van der Waals surface area contributed by atoms with Crippen molar-refractivity contribution in [3.8, 4) is 0 Å². The molecular formula is C13H19NO2. The molecule has 88 valence electrons. The highest BCUT2D eigenvalue weighted by atomic mass is 16.4. The molecule has 1 rings (SSSR count). The predicted molar refractivity (Wildman–Crippen MR) is 64.4 cm³/mol. The third kappa shape index (κ3) is 4.45. The Balaban J connectivity index is 2.41. The van der Waals surface area contributed by atoms with Crippen molar-refractivity contribution in [3.63, 3.8) is 0 Å². The van der Waals surface area contributed by atoms with Gasteiger partial charge in [0, 0.05) is 6.54 Å². The van der Waals surface area contributed by atoms with Crippen LogP contribution >= 0.6 is 0 Å². The fraction of sp³-hybridized carbons (Fsp3) is 0.462. The highest BCUT2D eigenvalue weighted by Crippen LogP contribution is 2.09. The molecule has 0 spiro atoms. The summed E-state index contributed by atoms with van der Waals surface area (Å²) in [6.07, 6.45) is 1.51. The van der Waals surface area contributed by atoms with Crippen LogP contribution in [0.15, 0.2) is 30.3 Å². The maximum absolute atomic E-state index is 11.0. The average Bonchev–Trinajstić information content (AvgIpc) is 2.30. The number of rotatable bonds is 7. The number of aryl methyl sites for hydroxylation is 1. The van der Waals surface area contributed by atoms with Crippen molar-refractivity contribution in [3.05, 3.63) is 35.9 Å². The van der Waals surface area contributed by atoms with Gasteiger partial charge in [-0.15, -0.1) is 0 Å². The van der Waals surface area contributed by atoms with Gasteiger partial charge in [-0.2, -0.15) is 0 Å². The zero-order valence-electron chi connectivity index (χ0n) is 9.65. The topological polar surface area (TPSA) is 49.3 Å². The number of hydrogen-bond acceptors (Lipinski definition) is 2. The van der Waals surface area contributed by atoms with Crippen molar-refractivity contribution in [2.75, 3.05) is 13.1 Å². The summed E-state index contributed by atoms with van der Waals surface area (Å²) in [6.45, 7) is 3.35. The third-order valence-electron chi connectivity index (χ3n) is 2.61. The molecule has 3 nitrogen and oxygen atoms in total. The van der Waals surface area contributed by atoms with E-state index in [0.29, 0.717) is 13.0 Å². The van der Waals surface area contributed by atoms with Gasteiger partial charge in [0.25, 0.3) is 0 Å². The Morgan fingerprint density at radius 3 is 2.62 bits per heavy atom. The first-order valence-electron chi connectivity index (χ1n) is 5.71. The number of benzene rings is 1. The van der Waals surface area contributed by atoms with Gasteiger partial charge in [0.15, 0.2) is 0 Å². The van der Waals surface area contributed by atoms with E-state index in [4.69, 9.17) is 5.11 Å². The summed E-state index contributed by atoms with van der Waals surface area (Å²) in [5.74, 6) is -1.00. The van der Waals surface area contributed by atoms with E-state index in [1.165, 1.54) is 5.56 Å². The van der Waals surface area contributed by atoms with E-state index >= 15 is 0 Å². The first-order chi connectivity index (χ1) is 7.74. The second-order valence-corrected chi connectivity index (χ2v) is 3.87. The van der Waals surface area contributed by atoms with E-state index in [9.17, 15) is 4.79 Å². The molecule has 0 saturated carbocycles. The third-order valence-corrected chi connectivity index (χ3v) is 2.61. The molecule has 1 aromatic rings. The molecular weight excluding hydrogens is 202 g/mol. The molecule has 2 N–H and O–H groups in total. The number of hydrogen-bond donors (Lipinski definition) is 2. The lowest BCUT2D eigenvalue weighted by Crippen LogP contribution is -2.28. The molecule has 0 aromatic heterocycles. The minimum atomic E-state index is -0.711. The van der Waals surface area contributed by atoms with Gasteiger partial charge in [-0.3, -0.25) is 4.79 Å². The maximum Gasteiger partial charge on any atom is 0.307 e. The van der Waals surface area contributed by atoms with Crippen molar-refractivity contribution >= 4 is 5.97 Å². The summed E-state index contributed by atoms with van der Waals surface area (Å²) in [6, 6.07) is 10.00. The smallest absolute Gasteiger partial charge is 0.307 e. The molecule has 0 fully saturated rings. The van der Waals surface area contributed by atoms with Gasteiger partial charge in [-0.1, -0.05) is 37.3 Å². The summed E-state index contributed by atoms with van der Waals surface area (Å²) >= 11 is 0. The van der Waals surface area contributed by atoms with Crippen LogP contribution in [0, 0.1) is 5.92 Å². The highest BCUT2D eigenvalue weighted by Gasteiger charge is 2.16. The van der Waals surface area contributed by atoms with Crippen molar-refractivity contribution in [2.45, 2.75) is 19.8 Å². The van der Waals surface area contributed by atoms with Crippen molar-refractivity contribution in [1.82, 2.24) is 5.32 Å². The second-order valence-electron chi connectivity index (χ2n) is 3.87. The Kier molecular flexibility index (Phi) is 5.57. The predicted octanol–water partition coefficient (Wildman–Crippen LogP) is 1.93. The van der Waals surface area contributed by atoms with Gasteiger partial charge in [0.05, 0.1) is 5.92 Å². The largest absolute Gasteiger partial charge is 0.481 e. The van der Waals surface area contributed by atoms with Crippen molar-refractivity contribution in [2.24, 2.45) is 5.92 Å². The molecule has 0 aliphatic heterocycles. The Morgan fingerprint density at radius 2 is 2.06 bits per heavy atom. The molecule has 0 saturated heterocycles. The standard InChI is InChI=1S/C13H19NO2/c1-2-14-10-12(13(15)16)9-8-11-6-4-3-5-7-11/h3-7,12,14H,2,8-10H2,1H3,(H,15,16)/t12-/m1/s1. The molecule has 0 heterocycles. The van der Waals surface area contributed by atoms with Gasteiger partial charge >= 0.3 is 5.97 Å². The number of carboxylic acids is 1. The summed E-state index contributed by atoms with van der Waals surface area (Å²) in [5.41, 5.74) is 1.20. The molecule has 1 atom stereocenters. The molecule has 0 unspecified atom stereocenters. The Bertz CT molecular complexity index is 311. The van der Waals surface area contributed by atoms with E-state index in [2.05, 4.69) is 5.32 Å². The molecule has 0 amide bonds. The summed E-state index contributed by atoms with van der Waals surface area (Å²) < 4.78 is 0. The number of nitrogens with one attached hydrogen (secondary N) is 1. The average molecular weight is 221 g/mol. The first kappa shape index (κ1) is 12.7. The Hall–Kier alpha value is -1.35. The molecule has 0 aliphatic carbocycles. The quantitative estimate of drug-likeness (QED) is 0.739. The van der Waals surface area contributed by atoms with Gasteiger partial charge in [0.2, 0.25) is 0 Å². The highest BCUT2D eigenvalue weighted by molar-refractivity contribution is 5.70. The zero-order valence-corrected chi connectivity index (χ0v) is 9.65. The van der Waals surface area contributed by atoms with Gasteiger partial charge in [-0.25, -0.2) is 0 Å². The minimum Gasteiger partial charge on any atom is -0.481 e. The monoisotopic (exact) mass is 221 g/mol. The molecule has 16 heavy (non-hydrogen) atoms. The summed E-state index contributed by atoms with van der Waals surface area (Å²) in [5, 5.41) is 12.1. The van der Waals surface area contributed by atoms with E-state index in [1.807, 2.05) is 37.3 Å². The van der Waals surface area contributed by atoms with Gasteiger partial charge < -0.3 is 10.4 Å². The van der Waals surface area contributed by atoms with Crippen LogP contribution in [0.5, 0.6) is 0 Å². The number of carbonyl (C=O) groups is 1. The Labute approximate surface area is 96.5 Å². The van der Waals surface area contributed by atoms with Crippen LogP contribution in [0.2, 0.25) is 0 Å². The van der Waals surface area contributed by atoms with E-state index < -0.39 is 5.97 Å². The van der Waals surface area contributed by atoms with Crippen LogP contribution in [0.3, 0.4) is 0 Å². The molecule has 0 aliphatic rings. The molecule has 1 aromatic carbocycles. The van der Waals surface area contributed by atoms with Crippen LogP contribution in [0.4, 0.5) is 0 Å². The maximum atomic E-state index is 11.0. The minimum absolute atomic E-state index is 0.292. The van der Waals surface area contributed by atoms with Crippen LogP contribution < -0.4 is 5.32 Å². The number of aliphatic carboxylic acids is 1. The summed E-state index contributed by atoms with van der Waals surface area (Å²) in [4.78, 5) is 11.0. The lowest BCUT2D eigenvalue weighted by molar-refractivity contribution is -0.141. The molecule has 0 bridgehead atoms. The van der Waals surface area contributed by atoms with E-state index in [1.54, 1.807) is 0 Å². The Morgan fingerprint density at radius 1 is 1.38 bits per heavy atom. The SMILES string of the molecule is CCNC[C@@H](CCc1ccccc1)C(=O)O. The van der Waals surface area contributed by atoms with Crippen molar-refractivity contribution in [1.29, 1.82) is 0 Å². The van der Waals surface area contributed by atoms with Crippen LogP contribution in [0.25, 0.3) is 0 Å². The van der Waals surface area contributed by atoms with Crippen LogP contribution in [-0.4, -0.2) is 24.2 Å². The van der Waals surface area contributed by atoms with Gasteiger partial charge in [-0.05, 0) is 24.9 Å². The molecule has 0 radical (unpaired) electrons. The lowest BCUT2D eigenvalue weighted by Gasteiger charge is -2.12. The lowest BCUT2D eigenvalue weighted by atomic mass is 9.99. The van der Waals surface area contributed by atoms with E-state index in [-0.39, 0.29) is 5.92 Å². The fourth-order valence-corrected chi connectivity index (χ4v) is 1.62. The van der Waals surface area contributed by atoms with Crippen LogP contribution in [0.1, 0.15) is 18.9 Å². The van der Waals surface area contributed by atoms with Crippen molar-refractivity contribution < 1.29 is 9.90 Å².